The molecule has 0 aliphatic heterocycles. The molecular weight excluding hydrogens is 237 g/mol. The number of aryl methyl sites for hydroxylation is 1. The Morgan fingerprint density at radius 2 is 2.00 bits per heavy atom. The molecule has 1 aromatic carbocycles. The van der Waals surface area contributed by atoms with Crippen LogP contribution in [0.25, 0.3) is 0 Å². The predicted octanol–water partition coefficient (Wildman–Crippen LogP) is 4.61. The summed E-state index contributed by atoms with van der Waals surface area (Å²) in [6.07, 6.45) is 3.88. The zero-order valence-electron chi connectivity index (χ0n) is 12.5. The molecule has 0 spiro atoms. The minimum Gasteiger partial charge on any atom is -0.307 e. The molecule has 0 amide bonds. The second kappa shape index (κ2) is 6.04. The first kappa shape index (κ1) is 14.5. The molecule has 1 aliphatic carbocycles. The van der Waals surface area contributed by atoms with E-state index in [1.165, 1.54) is 19.3 Å². The van der Waals surface area contributed by atoms with Crippen LogP contribution in [-0.2, 0) is 0 Å². The summed E-state index contributed by atoms with van der Waals surface area (Å²) in [6.45, 7) is 8.62. The third kappa shape index (κ3) is 3.36. The van der Waals surface area contributed by atoms with E-state index in [2.05, 4.69) is 26.1 Å². The second-order valence-corrected chi connectivity index (χ2v) is 6.27. The summed E-state index contributed by atoms with van der Waals surface area (Å²) in [4.78, 5) is 0. The Morgan fingerprint density at radius 1 is 1.26 bits per heavy atom. The van der Waals surface area contributed by atoms with Gasteiger partial charge in [0, 0.05) is 12.1 Å². The molecule has 1 aliphatic rings. The molecule has 0 heterocycles. The molecule has 1 nitrogen and oxygen atoms in total. The lowest BCUT2D eigenvalue weighted by Gasteiger charge is -2.36. The van der Waals surface area contributed by atoms with Crippen LogP contribution in [0.1, 0.15) is 57.2 Å². The molecule has 106 valence electrons. The summed E-state index contributed by atoms with van der Waals surface area (Å²) in [6, 6.07) is 6.35. The number of nitrogens with one attached hydrogen (secondary N) is 1. The number of hydrogen-bond acceptors (Lipinski definition) is 1. The fraction of sp³-hybridized carbons (Fsp3) is 0.647. The lowest BCUT2D eigenvalue weighted by Crippen LogP contribution is -2.41. The lowest BCUT2D eigenvalue weighted by atomic mass is 9.77. The zero-order chi connectivity index (χ0) is 14.0. The summed E-state index contributed by atoms with van der Waals surface area (Å²) >= 11 is 0. The van der Waals surface area contributed by atoms with E-state index < -0.39 is 0 Å². The van der Waals surface area contributed by atoms with Gasteiger partial charge in [-0.15, -0.1) is 0 Å². The third-order valence-corrected chi connectivity index (χ3v) is 4.87. The first-order chi connectivity index (χ1) is 8.99. The molecule has 0 saturated heterocycles. The van der Waals surface area contributed by atoms with Gasteiger partial charge in [0.05, 0.1) is 0 Å². The number of hydrogen-bond donors (Lipinski definition) is 1. The Balaban J connectivity index is 2.03. The Labute approximate surface area is 116 Å². The van der Waals surface area contributed by atoms with Crippen molar-refractivity contribution in [2.24, 2.45) is 11.8 Å². The van der Waals surface area contributed by atoms with Crippen LogP contribution < -0.4 is 5.32 Å². The van der Waals surface area contributed by atoms with Gasteiger partial charge < -0.3 is 5.32 Å². The highest BCUT2D eigenvalue weighted by atomic mass is 19.1. The summed E-state index contributed by atoms with van der Waals surface area (Å²) in [5.74, 6) is 1.39. The molecule has 2 heteroatoms. The van der Waals surface area contributed by atoms with Gasteiger partial charge in [-0.05, 0) is 49.3 Å². The van der Waals surface area contributed by atoms with Crippen molar-refractivity contribution in [1.82, 2.24) is 5.32 Å². The molecule has 4 unspecified atom stereocenters. The fourth-order valence-electron chi connectivity index (χ4n) is 3.11. The second-order valence-electron chi connectivity index (χ2n) is 6.27. The number of rotatable bonds is 3. The van der Waals surface area contributed by atoms with Crippen molar-refractivity contribution in [2.45, 2.75) is 59.0 Å². The van der Waals surface area contributed by atoms with Gasteiger partial charge in [-0.2, -0.15) is 0 Å². The highest BCUT2D eigenvalue weighted by molar-refractivity contribution is 5.25. The Hall–Kier alpha value is -0.890. The maximum absolute atomic E-state index is 13.6. The molecular formula is C17H26FN. The van der Waals surface area contributed by atoms with Crippen LogP contribution in [0, 0.1) is 24.6 Å². The van der Waals surface area contributed by atoms with Crippen molar-refractivity contribution in [1.29, 1.82) is 0 Å². The molecule has 0 radical (unpaired) electrons. The van der Waals surface area contributed by atoms with Crippen LogP contribution in [0.3, 0.4) is 0 Å². The van der Waals surface area contributed by atoms with E-state index in [0.717, 1.165) is 17.0 Å². The molecule has 1 N–H and O–H groups in total. The molecule has 2 rings (SSSR count). The van der Waals surface area contributed by atoms with Crippen LogP contribution >= 0.6 is 0 Å². The van der Waals surface area contributed by atoms with E-state index in [4.69, 9.17) is 0 Å². The van der Waals surface area contributed by atoms with Gasteiger partial charge in [-0.3, -0.25) is 0 Å². The van der Waals surface area contributed by atoms with Crippen molar-refractivity contribution in [2.75, 3.05) is 0 Å². The van der Waals surface area contributed by atoms with Crippen molar-refractivity contribution < 1.29 is 4.39 Å². The molecule has 0 bridgehead atoms. The highest BCUT2D eigenvalue weighted by Crippen LogP contribution is 2.31. The van der Waals surface area contributed by atoms with E-state index >= 15 is 0 Å². The van der Waals surface area contributed by atoms with E-state index in [1.54, 1.807) is 6.07 Å². The van der Waals surface area contributed by atoms with Crippen molar-refractivity contribution in [3.8, 4) is 0 Å². The average Bonchev–Trinajstić information content (AvgIpc) is 2.38. The summed E-state index contributed by atoms with van der Waals surface area (Å²) < 4.78 is 13.6. The first-order valence-corrected chi connectivity index (χ1v) is 7.51. The maximum Gasteiger partial charge on any atom is 0.126 e. The van der Waals surface area contributed by atoms with E-state index in [-0.39, 0.29) is 11.9 Å². The van der Waals surface area contributed by atoms with Gasteiger partial charge in [0.1, 0.15) is 5.82 Å². The van der Waals surface area contributed by atoms with Gasteiger partial charge in [0.2, 0.25) is 0 Å². The van der Waals surface area contributed by atoms with Crippen LogP contribution in [0.15, 0.2) is 18.2 Å². The van der Waals surface area contributed by atoms with Crippen molar-refractivity contribution in [3.05, 3.63) is 35.1 Å². The SMILES string of the molecule is Cc1ccc(C(C)NC2CCCC(C)C2C)cc1F. The molecule has 1 aromatic rings. The summed E-state index contributed by atoms with van der Waals surface area (Å²) in [7, 11) is 0. The Kier molecular flexibility index (Phi) is 4.62. The zero-order valence-corrected chi connectivity index (χ0v) is 12.5. The standard InChI is InChI=1S/C17H26FN/c1-11-6-5-7-17(13(11)3)19-14(4)15-9-8-12(2)16(18)10-15/h8-11,13-14,17,19H,5-7H2,1-4H3. The van der Waals surface area contributed by atoms with Crippen LogP contribution in [0.5, 0.6) is 0 Å². The number of benzene rings is 1. The monoisotopic (exact) mass is 263 g/mol. The van der Waals surface area contributed by atoms with Crippen molar-refractivity contribution >= 4 is 0 Å². The van der Waals surface area contributed by atoms with Gasteiger partial charge in [-0.25, -0.2) is 4.39 Å². The van der Waals surface area contributed by atoms with Gasteiger partial charge in [0.25, 0.3) is 0 Å². The fourth-order valence-corrected chi connectivity index (χ4v) is 3.11. The Morgan fingerprint density at radius 3 is 2.68 bits per heavy atom. The van der Waals surface area contributed by atoms with Gasteiger partial charge in [0.15, 0.2) is 0 Å². The third-order valence-electron chi connectivity index (χ3n) is 4.87. The molecule has 1 saturated carbocycles. The normalized spacial score (nSPS) is 29.2. The van der Waals surface area contributed by atoms with Crippen LogP contribution in [-0.4, -0.2) is 6.04 Å². The largest absolute Gasteiger partial charge is 0.307 e. The topological polar surface area (TPSA) is 12.0 Å². The van der Waals surface area contributed by atoms with E-state index in [9.17, 15) is 4.39 Å². The summed E-state index contributed by atoms with van der Waals surface area (Å²) in [5, 5.41) is 3.70. The lowest BCUT2D eigenvalue weighted by molar-refractivity contribution is 0.196. The first-order valence-electron chi connectivity index (χ1n) is 7.51. The van der Waals surface area contributed by atoms with E-state index in [0.29, 0.717) is 12.0 Å². The number of halogens is 1. The van der Waals surface area contributed by atoms with Crippen molar-refractivity contribution in [3.63, 3.8) is 0 Å². The predicted molar refractivity (Wildman–Crippen MR) is 78.7 cm³/mol. The smallest absolute Gasteiger partial charge is 0.126 e. The highest BCUT2D eigenvalue weighted by Gasteiger charge is 2.27. The average molecular weight is 263 g/mol. The maximum atomic E-state index is 13.6. The molecule has 0 aromatic heterocycles. The van der Waals surface area contributed by atoms with Gasteiger partial charge >= 0.3 is 0 Å². The van der Waals surface area contributed by atoms with Crippen LogP contribution in [0.4, 0.5) is 4.39 Å². The quantitative estimate of drug-likeness (QED) is 0.839. The molecule has 4 atom stereocenters. The minimum absolute atomic E-state index is 0.101. The Bertz CT molecular complexity index is 429. The summed E-state index contributed by atoms with van der Waals surface area (Å²) in [5.41, 5.74) is 1.77. The van der Waals surface area contributed by atoms with E-state index in [1.807, 2.05) is 19.1 Å². The molecule has 1 fully saturated rings. The minimum atomic E-state index is -0.101. The molecule has 19 heavy (non-hydrogen) atoms. The van der Waals surface area contributed by atoms with Gasteiger partial charge in [-0.1, -0.05) is 38.8 Å². The van der Waals surface area contributed by atoms with Crippen LogP contribution in [0.2, 0.25) is 0 Å².